The van der Waals surface area contributed by atoms with Gasteiger partial charge in [-0.05, 0) is 43.9 Å². The molecule has 5 nitrogen and oxygen atoms in total. The first-order chi connectivity index (χ1) is 16.3. The Morgan fingerprint density at radius 3 is 2.62 bits per heavy atom. The molecule has 34 heavy (non-hydrogen) atoms. The summed E-state index contributed by atoms with van der Waals surface area (Å²) in [5, 5.41) is 0.755. The number of rotatable bonds is 4. The van der Waals surface area contributed by atoms with Crippen molar-refractivity contribution in [1.29, 1.82) is 0 Å². The van der Waals surface area contributed by atoms with E-state index in [4.69, 9.17) is 0 Å². The summed E-state index contributed by atoms with van der Waals surface area (Å²) < 4.78 is 40.8. The lowest BCUT2D eigenvalue weighted by atomic mass is 9.90. The van der Waals surface area contributed by atoms with Crippen LogP contribution in [0, 0.1) is 24.4 Å². The second-order valence-electron chi connectivity index (χ2n) is 8.67. The van der Waals surface area contributed by atoms with Crippen molar-refractivity contribution in [2.75, 3.05) is 6.54 Å². The summed E-state index contributed by atoms with van der Waals surface area (Å²) in [5.41, 5.74) is 1.88. The predicted octanol–water partition coefficient (Wildman–Crippen LogP) is 6.21. The first-order valence-corrected chi connectivity index (χ1v) is 12.0. The van der Waals surface area contributed by atoms with Crippen LogP contribution in [0.4, 0.5) is 13.2 Å². The summed E-state index contributed by atoms with van der Waals surface area (Å²) in [6.07, 6.45) is 2.62. The van der Waals surface area contributed by atoms with Crippen LogP contribution in [0.25, 0.3) is 21.5 Å². The van der Waals surface area contributed by atoms with Crippen LogP contribution in [0.5, 0.6) is 0 Å². The molecule has 2 aromatic heterocycles. The molecule has 0 bridgehead atoms. The number of likely N-dealkylation sites (tertiary alicyclic amines) is 1. The van der Waals surface area contributed by atoms with E-state index in [9.17, 15) is 18.0 Å². The van der Waals surface area contributed by atoms with Crippen LogP contribution >= 0.6 is 11.3 Å². The zero-order valence-corrected chi connectivity index (χ0v) is 19.6. The van der Waals surface area contributed by atoms with E-state index < -0.39 is 11.6 Å². The van der Waals surface area contributed by atoms with Gasteiger partial charge in [0.2, 0.25) is 0 Å². The first kappa shape index (κ1) is 22.6. The van der Waals surface area contributed by atoms with Crippen LogP contribution in [-0.4, -0.2) is 38.3 Å². The molecule has 1 amide bonds. The smallest absolute Gasteiger partial charge is 0.274 e. The van der Waals surface area contributed by atoms with Crippen LogP contribution in [0.2, 0.25) is 0 Å². The maximum Gasteiger partial charge on any atom is 0.274 e. The van der Waals surface area contributed by atoms with E-state index in [1.165, 1.54) is 23.5 Å². The number of carbonyl (C=O) groups is 1. The number of halogens is 3. The topological polar surface area (TPSA) is 61.9 Å². The average Bonchev–Trinajstić information content (AvgIpc) is 3.42. The van der Waals surface area contributed by atoms with E-state index >= 15 is 0 Å². The number of aromatic nitrogens is 3. The molecule has 0 radical (unpaired) electrons. The molecule has 3 heterocycles. The number of nitrogens with one attached hydrogen (secondary N) is 1. The lowest BCUT2D eigenvalue weighted by Gasteiger charge is -2.38. The Bertz CT molecular complexity index is 1330. The molecule has 0 spiro atoms. The lowest BCUT2D eigenvalue weighted by Crippen LogP contribution is -2.46. The minimum absolute atomic E-state index is 0.153. The molecule has 2 atom stereocenters. The molecule has 2 aromatic carbocycles. The minimum atomic E-state index is -0.945. The molecule has 1 fully saturated rings. The third-order valence-electron chi connectivity index (χ3n) is 6.40. The Morgan fingerprint density at radius 2 is 1.85 bits per heavy atom. The highest BCUT2D eigenvalue weighted by Crippen LogP contribution is 2.35. The van der Waals surface area contributed by atoms with Crippen molar-refractivity contribution in [2.24, 2.45) is 0 Å². The first-order valence-electron chi connectivity index (χ1n) is 11.2. The van der Waals surface area contributed by atoms with Gasteiger partial charge in [-0.1, -0.05) is 19.1 Å². The zero-order chi connectivity index (χ0) is 24.0. The molecule has 5 rings (SSSR count). The van der Waals surface area contributed by atoms with Crippen molar-refractivity contribution in [3.05, 3.63) is 70.4 Å². The molecule has 176 valence electrons. The summed E-state index contributed by atoms with van der Waals surface area (Å²) in [6, 6.07) is 8.08. The van der Waals surface area contributed by atoms with Crippen LogP contribution in [0.15, 0.2) is 36.4 Å². The SMILES string of the molecule is Cc1nc(C(=O)N2CCCCC2C(C)c2nc3cc(F)c(F)cc3[nH]2)c(-c2ccc(F)cc2)s1. The number of nitrogens with zero attached hydrogens (tertiary/aromatic N) is 3. The Kier molecular flexibility index (Phi) is 5.89. The Morgan fingerprint density at radius 1 is 1.12 bits per heavy atom. The van der Waals surface area contributed by atoms with E-state index in [2.05, 4.69) is 15.0 Å². The number of carbonyl (C=O) groups excluding carboxylic acids is 1. The number of aromatic amines is 1. The quantitative estimate of drug-likeness (QED) is 0.375. The van der Waals surface area contributed by atoms with Crippen molar-refractivity contribution in [1.82, 2.24) is 19.9 Å². The number of aryl methyl sites for hydroxylation is 1. The summed E-state index contributed by atoms with van der Waals surface area (Å²) in [6.45, 7) is 4.39. The molecule has 1 aliphatic heterocycles. The van der Waals surface area contributed by atoms with E-state index in [-0.39, 0.29) is 23.7 Å². The number of benzene rings is 2. The third-order valence-corrected chi connectivity index (χ3v) is 7.42. The van der Waals surface area contributed by atoms with E-state index in [0.29, 0.717) is 34.0 Å². The van der Waals surface area contributed by atoms with Crippen molar-refractivity contribution < 1.29 is 18.0 Å². The summed E-state index contributed by atoms with van der Waals surface area (Å²) in [4.78, 5) is 28.4. The van der Waals surface area contributed by atoms with Gasteiger partial charge in [0.1, 0.15) is 17.3 Å². The number of imidazole rings is 1. The van der Waals surface area contributed by atoms with Crippen LogP contribution in [0.3, 0.4) is 0 Å². The number of piperidine rings is 1. The molecule has 0 saturated carbocycles. The Balaban J connectivity index is 1.48. The number of H-pyrrole nitrogens is 1. The fraction of sp³-hybridized carbons (Fsp3) is 0.320. The van der Waals surface area contributed by atoms with Crippen molar-refractivity contribution in [3.63, 3.8) is 0 Å². The van der Waals surface area contributed by atoms with Gasteiger partial charge in [0.15, 0.2) is 11.6 Å². The van der Waals surface area contributed by atoms with Gasteiger partial charge in [0.05, 0.1) is 20.9 Å². The van der Waals surface area contributed by atoms with Gasteiger partial charge < -0.3 is 9.88 Å². The highest BCUT2D eigenvalue weighted by molar-refractivity contribution is 7.15. The monoisotopic (exact) mass is 484 g/mol. The Labute approximate surface area is 198 Å². The molecule has 4 aromatic rings. The molecular formula is C25H23F3N4OS. The fourth-order valence-electron chi connectivity index (χ4n) is 4.66. The molecule has 1 aliphatic rings. The third kappa shape index (κ3) is 4.09. The van der Waals surface area contributed by atoms with Gasteiger partial charge in [-0.2, -0.15) is 0 Å². The van der Waals surface area contributed by atoms with Crippen LogP contribution in [0.1, 0.15) is 53.4 Å². The Hall–Kier alpha value is -3.20. The van der Waals surface area contributed by atoms with Gasteiger partial charge in [0, 0.05) is 30.6 Å². The van der Waals surface area contributed by atoms with Crippen molar-refractivity contribution in [3.8, 4) is 10.4 Å². The molecular weight excluding hydrogens is 461 g/mol. The maximum atomic E-state index is 13.7. The van der Waals surface area contributed by atoms with Gasteiger partial charge in [-0.15, -0.1) is 11.3 Å². The van der Waals surface area contributed by atoms with Crippen molar-refractivity contribution in [2.45, 2.75) is 45.1 Å². The zero-order valence-electron chi connectivity index (χ0n) is 18.7. The van der Waals surface area contributed by atoms with Gasteiger partial charge in [0.25, 0.3) is 5.91 Å². The summed E-state index contributed by atoms with van der Waals surface area (Å²) >= 11 is 1.41. The van der Waals surface area contributed by atoms with E-state index in [0.717, 1.165) is 42.0 Å². The van der Waals surface area contributed by atoms with Gasteiger partial charge in [-0.25, -0.2) is 23.1 Å². The number of thiazole rings is 1. The van der Waals surface area contributed by atoms with Gasteiger partial charge in [-0.3, -0.25) is 4.79 Å². The van der Waals surface area contributed by atoms with Gasteiger partial charge >= 0.3 is 0 Å². The average molecular weight is 485 g/mol. The second kappa shape index (κ2) is 8.87. The molecule has 1 saturated heterocycles. The normalized spacial score (nSPS) is 17.3. The molecule has 0 aliphatic carbocycles. The summed E-state index contributed by atoms with van der Waals surface area (Å²) in [5.74, 6) is -1.99. The minimum Gasteiger partial charge on any atom is -0.342 e. The predicted molar refractivity (Wildman–Crippen MR) is 125 cm³/mol. The number of fused-ring (bicyclic) bond motifs is 1. The highest BCUT2D eigenvalue weighted by Gasteiger charge is 2.35. The van der Waals surface area contributed by atoms with Crippen LogP contribution in [-0.2, 0) is 0 Å². The standard InChI is InChI=1S/C25H23F3N4OS/c1-13(24-30-19-11-17(27)18(28)12-20(19)31-24)21-5-3-4-10-32(21)25(33)22-23(34-14(2)29-22)15-6-8-16(26)9-7-15/h6-9,11-13,21H,3-5,10H2,1-2H3,(H,30,31). The van der Waals surface area contributed by atoms with E-state index in [1.54, 1.807) is 12.1 Å². The lowest BCUT2D eigenvalue weighted by molar-refractivity contribution is 0.0573. The number of amides is 1. The molecule has 1 N–H and O–H groups in total. The van der Waals surface area contributed by atoms with Crippen LogP contribution < -0.4 is 0 Å². The fourth-order valence-corrected chi connectivity index (χ4v) is 5.57. The van der Waals surface area contributed by atoms with E-state index in [1.807, 2.05) is 18.7 Å². The number of hydrogen-bond acceptors (Lipinski definition) is 4. The molecule has 9 heteroatoms. The highest BCUT2D eigenvalue weighted by atomic mass is 32.1. The molecule has 2 unspecified atom stereocenters. The number of hydrogen-bond donors (Lipinski definition) is 1. The van der Waals surface area contributed by atoms with Crippen molar-refractivity contribution >= 4 is 28.3 Å². The summed E-state index contributed by atoms with van der Waals surface area (Å²) in [7, 11) is 0. The maximum absolute atomic E-state index is 13.7. The second-order valence-corrected chi connectivity index (χ2v) is 9.88. The largest absolute Gasteiger partial charge is 0.342 e.